The lowest BCUT2D eigenvalue weighted by Gasteiger charge is -2.61. The molecule has 1 N–H and O–H groups in total. The van der Waals surface area contributed by atoms with Crippen LogP contribution >= 0.6 is 0 Å². The first-order chi connectivity index (χ1) is 11.1. The van der Waals surface area contributed by atoms with Gasteiger partial charge in [0.05, 0.1) is 11.5 Å². The summed E-state index contributed by atoms with van der Waals surface area (Å²) in [6.07, 6.45) is 9.28. The van der Waals surface area contributed by atoms with Crippen molar-refractivity contribution in [3.05, 3.63) is 0 Å². The van der Waals surface area contributed by atoms with Gasteiger partial charge in [0.2, 0.25) is 0 Å². The molecule has 23 heavy (non-hydrogen) atoms. The van der Waals surface area contributed by atoms with Gasteiger partial charge in [-0.05, 0) is 62.2 Å². The fourth-order valence-corrected chi connectivity index (χ4v) is 7.11. The number of fused-ring (bicyclic) bond motifs is 6. The minimum atomic E-state index is -0.820. The summed E-state index contributed by atoms with van der Waals surface area (Å²) < 4.78 is 0. The van der Waals surface area contributed by atoms with E-state index in [-0.39, 0.29) is 29.5 Å². The van der Waals surface area contributed by atoms with Crippen LogP contribution in [-0.2, 0) is 9.59 Å². The normalized spacial score (nSPS) is 50.0. The maximum absolute atomic E-state index is 12.8. The lowest BCUT2D eigenvalue weighted by molar-refractivity contribution is -0.210. The van der Waals surface area contributed by atoms with Gasteiger partial charge in [0, 0.05) is 18.8 Å². The van der Waals surface area contributed by atoms with E-state index in [1.807, 2.05) is 0 Å². The Morgan fingerprint density at radius 1 is 1.00 bits per heavy atom. The summed E-state index contributed by atoms with van der Waals surface area (Å²) >= 11 is 0. The van der Waals surface area contributed by atoms with E-state index in [1.54, 1.807) is 0 Å². The molecule has 4 rings (SSSR count). The van der Waals surface area contributed by atoms with Gasteiger partial charge in [-0.3, -0.25) is 9.59 Å². The predicted octanol–water partition coefficient (Wildman–Crippen LogP) is 3.53. The first-order valence-corrected chi connectivity index (χ1v) is 9.85. The number of hydrogen-bond donors (Lipinski definition) is 1. The Labute approximate surface area is 139 Å². The molecule has 4 saturated carbocycles. The highest BCUT2D eigenvalue weighted by Crippen LogP contribution is 2.61. The van der Waals surface area contributed by atoms with Crippen molar-refractivity contribution in [1.82, 2.24) is 0 Å². The Hall–Kier alpha value is -0.700. The number of ketones is 2. The van der Waals surface area contributed by atoms with Gasteiger partial charge in [-0.2, -0.15) is 0 Å². The molecule has 3 nitrogen and oxygen atoms in total. The van der Waals surface area contributed by atoms with E-state index in [2.05, 4.69) is 6.92 Å². The van der Waals surface area contributed by atoms with E-state index in [1.165, 1.54) is 0 Å². The standard InChI is InChI=1S/C20H30O3/c1-2-12-6-5-11-20(23)18(12)13-7-3-9-15(21)17(13)14-8-4-10-16(22)19(14)20/h12-14,17-19,23H,2-11H2,1H3/t12-,13+,14-,17+,18-,19+,20+/m1/s1. The van der Waals surface area contributed by atoms with Crippen LogP contribution in [0.1, 0.15) is 71.1 Å². The smallest absolute Gasteiger partial charge is 0.139 e. The second kappa shape index (κ2) is 5.68. The second-order valence-corrected chi connectivity index (χ2v) is 8.63. The quantitative estimate of drug-likeness (QED) is 0.804. The summed E-state index contributed by atoms with van der Waals surface area (Å²) in [6, 6.07) is 0. The minimum Gasteiger partial charge on any atom is -0.389 e. The topological polar surface area (TPSA) is 54.4 Å². The summed E-state index contributed by atoms with van der Waals surface area (Å²) in [4.78, 5) is 25.6. The van der Waals surface area contributed by atoms with E-state index in [9.17, 15) is 14.7 Å². The molecule has 0 bridgehead atoms. The zero-order valence-corrected chi connectivity index (χ0v) is 14.3. The number of hydrogen-bond acceptors (Lipinski definition) is 3. The van der Waals surface area contributed by atoms with Gasteiger partial charge in [0.1, 0.15) is 11.6 Å². The van der Waals surface area contributed by atoms with Crippen LogP contribution in [0.25, 0.3) is 0 Å². The van der Waals surface area contributed by atoms with Crippen LogP contribution in [0, 0.1) is 35.5 Å². The minimum absolute atomic E-state index is 0.0652. The number of Topliss-reactive ketones (excluding diaryl/α,β-unsaturated/α-hetero) is 2. The van der Waals surface area contributed by atoms with Crippen molar-refractivity contribution >= 4 is 11.6 Å². The highest BCUT2D eigenvalue weighted by molar-refractivity contribution is 5.87. The van der Waals surface area contributed by atoms with Gasteiger partial charge < -0.3 is 5.11 Å². The molecule has 0 saturated heterocycles. The molecule has 0 aromatic heterocycles. The fourth-order valence-electron chi connectivity index (χ4n) is 7.11. The van der Waals surface area contributed by atoms with Crippen molar-refractivity contribution in [2.45, 2.75) is 76.7 Å². The maximum Gasteiger partial charge on any atom is 0.139 e. The SMILES string of the molecule is CC[C@@H]1CCC[C@]2(O)[C@H]1[C@H]1CCCC(=O)[C@@H]1[C@H]1CCCC(=O)[C@H]12. The van der Waals surface area contributed by atoms with E-state index >= 15 is 0 Å². The Balaban J connectivity index is 1.82. The second-order valence-electron chi connectivity index (χ2n) is 8.63. The number of rotatable bonds is 1. The monoisotopic (exact) mass is 318 g/mol. The van der Waals surface area contributed by atoms with Crippen LogP contribution in [-0.4, -0.2) is 22.3 Å². The van der Waals surface area contributed by atoms with Crippen molar-refractivity contribution in [3.8, 4) is 0 Å². The largest absolute Gasteiger partial charge is 0.389 e. The predicted molar refractivity (Wildman–Crippen MR) is 87.7 cm³/mol. The number of aliphatic hydroxyl groups is 1. The molecule has 0 unspecified atom stereocenters. The molecule has 0 amide bonds. The van der Waals surface area contributed by atoms with Crippen molar-refractivity contribution in [2.75, 3.05) is 0 Å². The van der Waals surface area contributed by atoms with Gasteiger partial charge in [-0.25, -0.2) is 0 Å². The zero-order chi connectivity index (χ0) is 16.2. The summed E-state index contributed by atoms with van der Waals surface area (Å²) in [6.45, 7) is 2.21. The molecule has 0 aromatic rings. The van der Waals surface area contributed by atoms with Crippen molar-refractivity contribution < 1.29 is 14.7 Å². The van der Waals surface area contributed by atoms with Gasteiger partial charge in [0.15, 0.2) is 0 Å². The molecule has 4 fully saturated rings. The summed E-state index contributed by atoms with van der Waals surface area (Å²) in [7, 11) is 0. The molecule has 0 radical (unpaired) electrons. The average Bonchev–Trinajstić information content (AvgIpc) is 2.53. The van der Waals surface area contributed by atoms with Crippen LogP contribution < -0.4 is 0 Å². The van der Waals surface area contributed by atoms with E-state index in [0.29, 0.717) is 30.5 Å². The van der Waals surface area contributed by atoms with Crippen molar-refractivity contribution in [2.24, 2.45) is 35.5 Å². The fraction of sp³-hybridized carbons (Fsp3) is 0.900. The third kappa shape index (κ3) is 2.18. The first kappa shape index (κ1) is 15.8. The van der Waals surface area contributed by atoms with Crippen LogP contribution in [0.2, 0.25) is 0 Å². The number of carbonyl (C=O) groups excluding carboxylic acids is 2. The number of carbonyl (C=O) groups is 2. The van der Waals surface area contributed by atoms with Gasteiger partial charge in [-0.1, -0.05) is 19.8 Å². The molecule has 0 heterocycles. The van der Waals surface area contributed by atoms with Gasteiger partial charge in [0.25, 0.3) is 0 Å². The summed E-state index contributed by atoms with van der Waals surface area (Å²) in [5.41, 5.74) is -0.820. The Bertz CT molecular complexity index is 513. The van der Waals surface area contributed by atoms with Crippen molar-refractivity contribution in [1.29, 1.82) is 0 Å². The third-order valence-corrected chi connectivity index (χ3v) is 7.75. The molecule has 3 heteroatoms. The highest BCUT2D eigenvalue weighted by atomic mass is 16.3. The molecule has 4 aliphatic rings. The molecular weight excluding hydrogens is 288 g/mol. The van der Waals surface area contributed by atoms with Crippen LogP contribution in [0.4, 0.5) is 0 Å². The van der Waals surface area contributed by atoms with Crippen LogP contribution in [0.15, 0.2) is 0 Å². The van der Waals surface area contributed by atoms with E-state index in [4.69, 9.17) is 0 Å². The zero-order valence-electron chi connectivity index (χ0n) is 14.3. The molecular formula is C20H30O3. The summed E-state index contributed by atoms with van der Waals surface area (Å²) in [5, 5.41) is 11.8. The first-order valence-electron chi connectivity index (χ1n) is 9.85. The Morgan fingerprint density at radius 2 is 1.70 bits per heavy atom. The van der Waals surface area contributed by atoms with E-state index in [0.717, 1.165) is 51.4 Å². The lowest BCUT2D eigenvalue weighted by Crippen LogP contribution is -2.66. The van der Waals surface area contributed by atoms with Crippen molar-refractivity contribution in [3.63, 3.8) is 0 Å². The maximum atomic E-state index is 12.8. The lowest BCUT2D eigenvalue weighted by atomic mass is 9.44. The highest BCUT2D eigenvalue weighted by Gasteiger charge is 2.64. The molecule has 0 aliphatic heterocycles. The Morgan fingerprint density at radius 3 is 2.43 bits per heavy atom. The molecule has 4 aliphatic carbocycles. The average molecular weight is 318 g/mol. The molecule has 7 atom stereocenters. The summed E-state index contributed by atoms with van der Waals surface area (Å²) in [5.74, 6) is 1.59. The molecule has 0 spiro atoms. The van der Waals surface area contributed by atoms with Gasteiger partial charge in [-0.15, -0.1) is 0 Å². The third-order valence-electron chi connectivity index (χ3n) is 7.75. The van der Waals surface area contributed by atoms with Crippen LogP contribution in [0.3, 0.4) is 0 Å². The Kier molecular flexibility index (Phi) is 3.91. The van der Waals surface area contributed by atoms with Gasteiger partial charge >= 0.3 is 0 Å². The molecule has 128 valence electrons. The van der Waals surface area contributed by atoms with Crippen LogP contribution in [0.5, 0.6) is 0 Å². The van der Waals surface area contributed by atoms with E-state index < -0.39 is 5.60 Å². The molecule has 0 aromatic carbocycles.